The lowest BCUT2D eigenvalue weighted by molar-refractivity contribution is 0.243. The number of likely N-dealkylation sites (tertiary alicyclic amines) is 1. The third kappa shape index (κ3) is 2.60. The molecule has 0 saturated carbocycles. The van der Waals surface area contributed by atoms with E-state index in [0.29, 0.717) is 0 Å². The van der Waals surface area contributed by atoms with Gasteiger partial charge in [-0.15, -0.1) is 0 Å². The molecule has 1 rings (SSSR count). The Kier molecular flexibility index (Phi) is 3.09. The number of amides is 2. The molecular formula is C8H14N4O. The summed E-state index contributed by atoms with van der Waals surface area (Å²) in [6.07, 6.45) is 0.870. The van der Waals surface area contributed by atoms with E-state index in [-0.39, 0.29) is 12.1 Å². The largest absolute Gasteiger partial charge is 0.352 e. The minimum absolute atomic E-state index is 0.0836. The first-order chi connectivity index (χ1) is 6.13. The molecule has 1 saturated heterocycles. The summed E-state index contributed by atoms with van der Waals surface area (Å²) in [5, 5.41) is 11.3. The van der Waals surface area contributed by atoms with Crippen molar-refractivity contribution in [2.75, 3.05) is 13.1 Å². The molecule has 1 aliphatic rings. The van der Waals surface area contributed by atoms with Crippen LogP contribution < -0.4 is 11.1 Å². The van der Waals surface area contributed by atoms with Crippen LogP contribution in [0.3, 0.4) is 0 Å². The maximum absolute atomic E-state index is 10.5. The van der Waals surface area contributed by atoms with Crippen LogP contribution in [0.2, 0.25) is 0 Å². The van der Waals surface area contributed by atoms with E-state index in [4.69, 9.17) is 11.0 Å². The van der Waals surface area contributed by atoms with Crippen LogP contribution in [0.4, 0.5) is 4.79 Å². The van der Waals surface area contributed by atoms with Gasteiger partial charge in [0.15, 0.2) is 0 Å². The first kappa shape index (κ1) is 9.81. The first-order valence-electron chi connectivity index (χ1n) is 4.33. The Morgan fingerprint density at radius 2 is 2.54 bits per heavy atom. The van der Waals surface area contributed by atoms with Gasteiger partial charge in [-0.1, -0.05) is 0 Å². The smallest absolute Gasteiger partial charge is 0.312 e. The highest BCUT2D eigenvalue weighted by atomic mass is 16.2. The summed E-state index contributed by atoms with van der Waals surface area (Å²) in [4.78, 5) is 12.6. The second-order valence-electron chi connectivity index (χ2n) is 3.29. The Hall–Kier alpha value is -1.28. The average molecular weight is 182 g/mol. The molecule has 2 atom stereocenters. The normalized spacial score (nSPS) is 25.1. The molecule has 1 heterocycles. The van der Waals surface area contributed by atoms with Crippen molar-refractivity contribution in [1.29, 1.82) is 5.26 Å². The van der Waals surface area contributed by atoms with E-state index in [0.717, 1.165) is 19.5 Å². The van der Waals surface area contributed by atoms with Crippen LogP contribution in [0.1, 0.15) is 13.3 Å². The molecule has 0 aromatic heterocycles. The van der Waals surface area contributed by atoms with Crippen LogP contribution in [0.15, 0.2) is 0 Å². The Balaban J connectivity index is 2.37. The fraction of sp³-hybridized carbons (Fsp3) is 0.750. The Morgan fingerprint density at radius 1 is 1.85 bits per heavy atom. The summed E-state index contributed by atoms with van der Waals surface area (Å²) < 4.78 is 0. The zero-order valence-corrected chi connectivity index (χ0v) is 7.66. The number of nitrogens with two attached hydrogens (primary N) is 1. The van der Waals surface area contributed by atoms with Crippen LogP contribution in [0, 0.1) is 11.3 Å². The van der Waals surface area contributed by atoms with Crippen molar-refractivity contribution in [2.45, 2.75) is 25.4 Å². The first-order valence-corrected chi connectivity index (χ1v) is 4.33. The van der Waals surface area contributed by atoms with E-state index in [1.54, 1.807) is 0 Å². The molecule has 5 nitrogen and oxygen atoms in total. The summed E-state index contributed by atoms with van der Waals surface area (Å²) in [5.74, 6) is 0. The fourth-order valence-corrected chi connectivity index (χ4v) is 1.54. The maximum atomic E-state index is 10.5. The van der Waals surface area contributed by atoms with Gasteiger partial charge in [-0.25, -0.2) is 4.79 Å². The van der Waals surface area contributed by atoms with E-state index >= 15 is 0 Å². The van der Waals surface area contributed by atoms with Crippen molar-refractivity contribution in [3.8, 4) is 6.07 Å². The quantitative estimate of drug-likeness (QED) is 0.612. The van der Waals surface area contributed by atoms with E-state index < -0.39 is 6.03 Å². The topological polar surface area (TPSA) is 82.2 Å². The van der Waals surface area contributed by atoms with Gasteiger partial charge in [-0.2, -0.15) is 5.26 Å². The van der Waals surface area contributed by atoms with Gasteiger partial charge in [0.2, 0.25) is 0 Å². The molecule has 0 aromatic rings. The van der Waals surface area contributed by atoms with Gasteiger partial charge in [0, 0.05) is 19.1 Å². The third-order valence-corrected chi connectivity index (χ3v) is 2.30. The van der Waals surface area contributed by atoms with Gasteiger partial charge in [0.05, 0.1) is 12.1 Å². The fourth-order valence-electron chi connectivity index (χ4n) is 1.54. The molecule has 2 amide bonds. The lowest BCUT2D eigenvalue weighted by Gasteiger charge is -2.17. The minimum atomic E-state index is -0.489. The number of nitrogens with zero attached hydrogens (tertiary/aromatic N) is 2. The van der Waals surface area contributed by atoms with Gasteiger partial charge in [-0.05, 0) is 13.3 Å². The predicted molar refractivity (Wildman–Crippen MR) is 47.8 cm³/mol. The highest BCUT2D eigenvalue weighted by molar-refractivity contribution is 5.72. The number of primary amides is 1. The van der Waals surface area contributed by atoms with Crippen molar-refractivity contribution in [3.05, 3.63) is 0 Å². The molecule has 0 radical (unpaired) electrons. The highest BCUT2D eigenvalue weighted by Crippen LogP contribution is 2.11. The summed E-state index contributed by atoms with van der Waals surface area (Å²) >= 11 is 0. The molecule has 1 fully saturated rings. The van der Waals surface area contributed by atoms with Gasteiger partial charge in [0.1, 0.15) is 0 Å². The number of rotatable bonds is 2. The van der Waals surface area contributed by atoms with Gasteiger partial charge < -0.3 is 11.1 Å². The summed E-state index contributed by atoms with van der Waals surface area (Å²) in [6, 6.07) is 1.69. The number of carbonyl (C=O) groups is 1. The Bertz CT molecular complexity index is 235. The van der Waals surface area contributed by atoms with Crippen molar-refractivity contribution < 1.29 is 4.79 Å². The van der Waals surface area contributed by atoms with Crippen molar-refractivity contribution in [3.63, 3.8) is 0 Å². The number of nitriles is 1. The zero-order valence-electron chi connectivity index (χ0n) is 7.66. The zero-order chi connectivity index (χ0) is 9.84. The second-order valence-corrected chi connectivity index (χ2v) is 3.29. The molecule has 0 bridgehead atoms. The summed E-state index contributed by atoms with van der Waals surface area (Å²) in [5.41, 5.74) is 4.99. The van der Waals surface area contributed by atoms with Crippen molar-refractivity contribution in [2.24, 2.45) is 5.73 Å². The number of urea groups is 1. The molecular weight excluding hydrogens is 168 g/mol. The number of nitrogens with one attached hydrogen (secondary N) is 1. The number of hydrogen-bond acceptors (Lipinski definition) is 3. The SMILES string of the molecule is CC(C#N)N1CCC(NC(N)=O)C1. The van der Waals surface area contributed by atoms with Crippen molar-refractivity contribution >= 4 is 6.03 Å². The van der Waals surface area contributed by atoms with Crippen molar-refractivity contribution in [1.82, 2.24) is 10.2 Å². The molecule has 13 heavy (non-hydrogen) atoms. The summed E-state index contributed by atoms with van der Waals surface area (Å²) in [6.45, 7) is 3.42. The molecule has 1 aliphatic heterocycles. The maximum Gasteiger partial charge on any atom is 0.312 e. The molecule has 0 aliphatic carbocycles. The third-order valence-electron chi connectivity index (χ3n) is 2.30. The molecule has 5 heteroatoms. The van der Waals surface area contributed by atoms with E-state index in [1.165, 1.54) is 0 Å². The van der Waals surface area contributed by atoms with Gasteiger partial charge in [-0.3, -0.25) is 4.90 Å². The second kappa shape index (κ2) is 4.10. The minimum Gasteiger partial charge on any atom is -0.352 e. The van der Waals surface area contributed by atoms with Gasteiger partial charge in [0.25, 0.3) is 0 Å². The molecule has 3 N–H and O–H groups in total. The Labute approximate surface area is 77.5 Å². The van der Waals surface area contributed by atoms with E-state index in [2.05, 4.69) is 11.4 Å². The van der Waals surface area contributed by atoms with E-state index in [9.17, 15) is 4.79 Å². The van der Waals surface area contributed by atoms with Crippen LogP contribution in [-0.4, -0.2) is 36.1 Å². The lowest BCUT2D eigenvalue weighted by atomic mass is 10.3. The lowest BCUT2D eigenvalue weighted by Crippen LogP contribution is -2.41. The summed E-state index contributed by atoms with van der Waals surface area (Å²) in [7, 11) is 0. The van der Waals surface area contributed by atoms with E-state index in [1.807, 2.05) is 11.8 Å². The predicted octanol–water partition coefficient (Wildman–Crippen LogP) is -0.359. The molecule has 0 spiro atoms. The number of carbonyl (C=O) groups excluding carboxylic acids is 1. The van der Waals surface area contributed by atoms with Crippen LogP contribution in [0.25, 0.3) is 0 Å². The molecule has 72 valence electrons. The van der Waals surface area contributed by atoms with Crippen LogP contribution in [0.5, 0.6) is 0 Å². The monoisotopic (exact) mass is 182 g/mol. The van der Waals surface area contributed by atoms with Gasteiger partial charge >= 0.3 is 6.03 Å². The number of hydrogen-bond donors (Lipinski definition) is 2. The Morgan fingerprint density at radius 3 is 3.08 bits per heavy atom. The molecule has 0 aromatic carbocycles. The highest BCUT2D eigenvalue weighted by Gasteiger charge is 2.26. The van der Waals surface area contributed by atoms with Crippen LogP contribution >= 0.6 is 0 Å². The standard InChI is InChI=1S/C8H14N4O/c1-6(4-9)12-3-2-7(5-12)11-8(10)13/h6-7H,2-3,5H2,1H3,(H3,10,11,13). The van der Waals surface area contributed by atoms with Crippen LogP contribution in [-0.2, 0) is 0 Å². The average Bonchev–Trinajstić information content (AvgIpc) is 2.50. The molecule has 2 unspecified atom stereocenters.